The van der Waals surface area contributed by atoms with Crippen LogP contribution in [0.3, 0.4) is 0 Å². The molecule has 1 N–H and O–H groups in total. The fourth-order valence-electron chi connectivity index (χ4n) is 1.84. The van der Waals surface area contributed by atoms with Crippen molar-refractivity contribution < 1.29 is 19.0 Å². The van der Waals surface area contributed by atoms with Crippen LogP contribution in [0, 0.1) is 5.92 Å². The Balaban J connectivity index is 2.03. The summed E-state index contributed by atoms with van der Waals surface area (Å²) in [7, 11) is 0. The third kappa shape index (κ3) is 9.80. The van der Waals surface area contributed by atoms with E-state index in [1.165, 1.54) is 0 Å². The first-order valence-corrected chi connectivity index (χ1v) is 8.86. The maximum absolute atomic E-state index is 11.4. The Morgan fingerprint density at radius 1 is 1.12 bits per heavy atom. The second-order valence-corrected chi connectivity index (χ2v) is 6.61. The van der Waals surface area contributed by atoms with Crippen LogP contribution in [0.4, 0.5) is 5.69 Å². The van der Waals surface area contributed by atoms with Gasteiger partial charge in [-0.25, -0.2) is 0 Å². The van der Waals surface area contributed by atoms with Crippen molar-refractivity contribution in [1.82, 2.24) is 0 Å². The molecule has 0 bridgehead atoms. The van der Waals surface area contributed by atoms with Gasteiger partial charge in [-0.05, 0) is 25.5 Å². The molecule has 0 aliphatic rings. The van der Waals surface area contributed by atoms with Crippen LogP contribution in [-0.2, 0) is 14.3 Å². The molecule has 0 heterocycles. The number of rotatable bonds is 13. The Bertz CT molecular complexity index is 480. The molecule has 0 aliphatic carbocycles. The second-order valence-electron chi connectivity index (χ2n) is 5.84. The number of carbonyl (C=O) groups excluding carboxylic acids is 1. The first kappa shape index (κ1) is 20.8. The molecule has 1 aromatic rings. The molecule has 0 fully saturated rings. The van der Waals surface area contributed by atoms with Crippen molar-refractivity contribution in [2.75, 3.05) is 38.4 Å². The number of hydrogen-bond donors (Lipinski definition) is 2. The van der Waals surface area contributed by atoms with Gasteiger partial charge in [-0.2, -0.15) is 12.6 Å². The minimum absolute atomic E-state index is 0.0306. The summed E-state index contributed by atoms with van der Waals surface area (Å²) in [6.45, 7) is 8.05. The summed E-state index contributed by atoms with van der Waals surface area (Å²) in [4.78, 5) is 11.4. The van der Waals surface area contributed by atoms with Gasteiger partial charge in [0.15, 0.2) is 5.78 Å². The molecule has 136 valence electrons. The van der Waals surface area contributed by atoms with Crippen LogP contribution in [0.15, 0.2) is 24.3 Å². The van der Waals surface area contributed by atoms with E-state index in [2.05, 4.69) is 17.9 Å². The molecular formula is C18H29NO4S. The van der Waals surface area contributed by atoms with E-state index in [1.54, 1.807) is 0 Å². The number of Topliss-reactive ketones (excluding diaryl/α,β-unsaturated/α-hetero) is 1. The number of ether oxygens (including phenoxy) is 3. The van der Waals surface area contributed by atoms with Crippen LogP contribution in [0.1, 0.15) is 27.2 Å². The Morgan fingerprint density at radius 2 is 1.88 bits per heavy atom. The molecule has 0 aliphatic heterocycles. The van der Waals surface area contributed by atoms with Gasteiger partial charge in [-0.3, -0.25) is 4.79 Å². The summed E-state index contributed by atoms with van der Waals surface area (Å²) in [5.74, 6) is 0.963. The molecule has 6 heteroatoms. The molecule has 24 heavy (non-hydrogen) atoms. The van der Waals surface area contributed by atoms with Crippen LogP contribution >= 0.6 is 12.6 Å². The highest BCUT2D eigenvalue weighted by Gasteiger charge is 2.06. The molecule has 1 unspecified atom stereocenters. The van der Waals surface area contributed by atoms with E-state index in [9.17, 15) is 4.79 Å². The number of carbonyl (C=O) groups is 1. The lowest BCUT2D eigenvalue weighted by Crippen LogP contribution is -2.16. The number of benzene rings is 1. The van der Waals surface area contributed by atoms with E-state index < -0.39 is 0 Å². The Hall–Kier alpha value is -1.24. The van der Waals surface area contributed by atoms with E-state index in [1.807, 2.05) is 45.0 Å². The van der Waals surface area contributed by atoms with Crippen molar-refractivity contribution >= 4 is 24.1 Å². The number of hydrogen-bond acceptors (Lipinski definition) is 6. The molecule has 5 nitrogen and oxygen atoms in total. The predicted octanol–water partition coefficient (Wildman–Crippen LogP) is 3.40. The van der Waals surface area contributed by atoms with Crippen LogP contribution in [0.25, 0.3) is 0 Å². The van der Waals surface area contributed by atoms with Gasteiger partial charge in [-0.1, -0.05) is 19.9 Å². The summed E-state index contributed by atoms with van der Waals surface area (Å²) < 4.78 is 16.4. The zero-order chi connectivity index (χ0) is 17.8. The lowest BCUT2D eigenvalue weighted by atomic mass is 10.1. The largest absolute Gasteiger partial charge is 0.491 e. The molecule has 0 saturated heterocycles. The smallest absolute Gasteiger partial charge is 0.160 e. The standard InChI is InChI=1S/C18H29NO4S/c1-14(2)18(20)13-22-9-5-8-21-10-11-23-17-7-4-6-16(12-17)19-15(3)24/h4,6-7,12,14-15,19,24H,5,8-11,13H2,1-3H3. The van der Waals surface area contributed by atoms with Gasteiger partial charge in [0.25, 0.3) is 0 Å². The first-order chi connectivity index (χ1) is 11.5. The SMILES string of the molecule is CC(S)Nc1cccc(OCCOCCCOCC(=O)C(C)C)c1. The lowest BCUT2D eigenvalue weighted by molar-refractivity contribution is -0.126. The fourth-order valence-corrected chi connectivity index (χ4v) is 1.99. The summed E-state index contributed by atoms with van der Waals surface area (Å²) in [6, 6.07) is 7.75. The number of thiol groups is 1. The second kappa shape index (κ2) is 12.2. The molecule has 0 saturated carbocycles. The van der Waals surface area contributed by atoms with Gasteiger partial charge in [0, 0.05) is 30.9 Å². The van der Waals surface area contributed by atoms with E-state index in [0.717, 1.165) is 17.9 Å². The Kier molecular flexibility index (Phi) is 10.5. The van der Waals surface area contributed by atoms with Crippen molar-refractivity contribution in [1.29, 1.82) is 0 Å². The summed E-state index contributed by atoms with van der Waals surface area (Å²) in [5.41, 5.74) is 0.976. The maximum atomic E-state index is 11.4. The van der Waals surface area contributed by atoms with Crippen molar-refractivity contribution in [2.24, 2.45) is 5.92 Å². The van der Waals surface area contributed by atoms with Crippen LogP contribution in [-0.4, -0.2) is 44.2 Å². The van der Waals surface area contributed by atoms with Gasteiger partial charge >= 0.3 is 0 Å². The molecule has 0 aromatic heterocycles. The zero-order valence-electron chi connectivity index (χ0n) is 14.8. The quantitative estimate of drug-likeness (QED) is 0.323. The maximum Gasteiger partial charge on any atom is 0.160 e. The topological polar surface area (TPSA) is 56.8 Å². The van der Waals surface area contributed by atoms with Crippen LogP contribution < -0.4 is 10.1 Å². The molecule has 0 spiro atoms. The third-order valence-corrected chi connectivity index (χ3v) is 3.30. The monoisotopic (exact) mass is 355 g/mol. The lowest BCUT2D eigenvalue weighted by Gasteiger charge is -2.12. The molecule has 0 amide bonds. The van der Waals surface area contributed by atoms with Crippen molar-refractivity contribution in [2.45, 2.75) is 32.6 Å². The molecular weight excluding hydrogens is 326 g/mol. The highest BCUT2D eigenvalue weighted by Crippen LogP contribution is 2.18. The summed E-state index contributed by atoms with van der Waals surface area (Å²) >= 11 is 4.30. The van der Waals surface area contributed by atoms with Crippen molar-refractivity contribution in [3.8, 4) is 5.75 Å². The van der Waals surface area contributed by atoms with Crippen LogP contribution in [0.2, 0.25) is 0 Å². The van der Waals surface area contributed by atoms with E-state index in [-0.39, 0.29) is 23.7 Å². The first-order valence-electron chi connectivity index (χ1n) is 8.34. The third-order valence-electron chi connectivity index (χ3n) is 3.17. The van der Waals surface area contributed by atoms with Gasteiger partial charge in [-0.15, -0.1) is 0 Å². The van der Waals surface area contributed by atoms with Crippen molar-refractivity contribution in [3.05, 3.63) is 24.3 Å². The predicted molar refractivity (Wildman–Crippen MR) is 100 cm³/mol. The highest BCUT2D eigenvalue weighted by atomic mass is 32.1. The van der Waals surface area contributed by atoms with Crippen LogP contribution in [0.5, 0.6) is 5.75 Å². The van der Waals surface area contributed by atoms with E-state index in [0.29, 0.717) is 26.4 Å². The van der Waals surface area contributed by atoms with Gasteiger partial charge in [0.05, 0.1) is 12.0 Å². The number of ketones is 1. The molecule has 1 atom stereocenters. The molecule has 1 rings (SSSR count). The van der Waals surface area contributed by atoms with E-state index >= 15 is 0 Å². The number of anilines is 1. The normalized spacial score (nSPS) is 12.2. The van der Waals surface area contributed by atoms with E-state index in [4.69, 9.17) is 14.2 Å². The minimum atomic E-state index is 0.0306. The van der Waals surface area contributed by atoms with Gasteiger partial charge < -0.3 is 19.5 Å². The van der Waals surface area contributed by atoms with Gasteiger partial charge in [0.1, 0.15) is 19.0 Å². The van der Waals surface area contributed by atoms with Crippen molar-refractivity contribution in [3.63, 3.8) is 0 Å². The Morgan fingerprint density at radius 3 is 2.58 bits per heavy atom. The molecule has 1 aromatic carbocycles. The highest BCUT2D eigenvalue weighted by molar-refractivity contribution is 7.81. The molecule has 0 radical (unpaired) electrons. The average Bonchev–Trinajstić information content (AvgIpc) is 2.52. The average molecular weight is 356 g/mol. The summed E-state index contributed by atoms with van der Waals surface area (Å²) in [5, 5.41) is 3.29. The van der Waals surface area contributed by atoms with Gasteiger partial charge in [0.2, 0.25) is 0 Å². The summed E-state index contributed by atoms with van der Waals surface area (Å²) in [6.07, 6.45) is 0.768. The minimum Gasteiger partial charge on any atom is -0.491 e. The fraction of sp³-hybridized carbons (Fsp3) is 0.611. The number of nitrogens with one attached hydrogen (secondary N) is 1. The zero-order valence-corrected chi connectivity index (χ0v) is 15.7. The Labute approximate surface area is 150 Å².